The van der Waals surface area contributed by atoms with Crippen molar-refractivity contribution < 1.29 is 5.11 Å². The van der Waals surface area contributed by atoms with Gasteiger partial charge in [0.15, 0.2) is 0 Å². The van der Waals surface area contributed by atoms with Gasteiger partial charge >= 0.3 is 0 Å². The second-order valence-electron chi connectivity index (χ2n) is 2.03. The van der Waals surface area contributed by atoms with E-state index in [9.17, 15) is 0 Å². The van der Waals surface area contributed by atoms with E-state index < -0.39 is 0 Å². The van der Waals surface area contributed by atoms with Gasteiger partial charge in [0.05, 0.1) is 5.69 Å². The minimum absolute atomic E-state index is 0.528. The van der Waals surface area contributed by atoms with Gasteiger partial charge in [-0.25, -0.2) is 0 Å². The lowest BCUT2D eigenvalue weighted by Gasteiger charge is -1.93. The number of aliphatic hydroxyl groups is 1. The zero-order chi connectivity index (χ0) is 8.69. The van der Waals surface area contributed by atoms with Crippen molar-refractivity contribution in [3.05, 3.63) is 29.6 Å². The Morgan fingerprint density at radius 1 is 1.45 bits per heavy atom. The molecule has 0 unspecified atom stereocenters. The third-order valence-electron chi connectivity index (χ3n) is 1.18. The molecule has 11 heavy (non-hydrogen) atoms. The molecule has 1 aromatic rings. The fourth-order valence-corrected chi connectivity index (χ4v) is 0.619. The molecule has 0 amide bonds. The number of aliphatic hydroxyl groups excluding tert-OH is 1. The summed E-state index contributed by atoms with van der Waals surface area (Å²) in [4.78, 5) is 4.07. The van der Waals surface area contributed by atoms with E-state index in [1.54, 1.807) is 0 Å². The molecule has 3 heteroatoms. The molecule has 0 bridgehead atoms. The summed E-state index contributed by atoms with van der Waals surface area (Å²) in [6, 6.07) is 3.95. The molecule has 1 rings (SSSR count). The van der Waals surface area contributed by atoms with E-state index in [-0.39, 0.29) is 0 Å². The van der Waals surface area contributed by atoms with Crippen LogP contribution in [0.3, 0.4) is 0 Å². The molecule has 62 valence electrons. The SMILES string of the molecule is CO.Cc1ccc(CN)nc1. The highest BCUT2D eigenvalue weighted by Crippen LogP contribution is 1.95. The largest absolute Gasteiger partial charge is 0.400 e. The van der Waals surface area contributed by atoms with Crippen molar-refractivity contribution in [2.24, 2.45) is 5.73 Å². The zero-order valence-electron chi connectivity index (χ0n) is 6.91. The van der Waals surface area contributed by atoms with Gasteiger partial charge in [0.1, 0.15) is 0 Å². The van der Waals surface area contributed by atoms with Gasteiger partial charge in [-0.1, -0.05) is 6.07 Å². The van der Waals surface area contributed by atoms with E-state index in [1.807, 2.05) is 25.3 Å². The van der Waals surface area contributed by atoms with Crippen LogP contribution in [0.1, 0.15) is 11.3 Å². The summed E-state index contributed by atoms with van der Waals surface area (Å²) >= 11 is 0. The Balaban J connectivity index is 0.000000461. The normalized spacial score (nSPS) is 8.36. The molecule has 0 aliphatic heterocycles. The number of aromatic nitrogens is 1. The molecule has 0 aromatic carbocycles. The maximum absolute atomic E-state index is 7.00. The molecule has 3 nitrogen and oxygen atoms in total. The van der Waals surface area contributed by atoms with E-state index in [4.69, 9.17) is 10.8 Å². The van der Waals surface area contributed by atoms with Crippen LogP contribution in [-0.4, -0.2) is 17.2 Å². The number of rotatable bonds is 1. The Kier molecular flexibility index (Phi) is 5.33. The van der Waals surface area contributed by atoms with E-state index in [0.29, 0.717) is 6.54 Å². The Morgan fingerprint density at radius 3 is 2.45 bits per heavy atom. The van der Waals surface area contributed by atoms with Crippen LogP contribution in [0.25, 0.3) is 0 Å². The summed E-state index contributed by atoms with van der Waals surface area (Å²) in [5.41, 5.74) is 7.46. The Hall–Kier alpha value is -0.930. The lowest BCUT2D eigenvalue weighted by molar-refractivity contribution is 0.399. The Morgan fingerprint density at radius 2 is 2.09 bits per heavy atom. The van der Waals surface area contributed by atoms with Gasteiger partial charge in [-0.2, -0.15) is 0 Å². The highest BCUT2D eigenvalue weighted by molar-refractivity contribution is 5.11. The predicted octanol–water partition coefficient (Wildman–Crippen LogP) is 0.457. The monoisotopic (exact) mass is 154 g/mol. The molecule has 1 heterocycles. The van der Waals surface area contributed by atoms with Crippen molar-refractivity contribution in [2.75, 3.05) is 7.11 Å². The number of pyridine rings is 1. The smallest absolute Gasteiger partial charge is 0.0539 e. The molecule has 0 saturated heterocycles. The minimum Gasteiger partial charge on any atom is -0.400 e. The van der Waals surface area contributed by atoms with Crippen LogP contribution in [0.2, 0.25) is 0 Å². The lowest BCUT2D eigenvalue weighted by Crippen LogP contribution is -1.98. The second-order valence-corrected chi connectivity index (χ2v) is 2.03. The first kappa shape index (κ1) is 10.1. The number of nitrogens with zero attached hydrogens (tertiary/aromatic N) is 1. The van der Waals surface area contributed by atoms with Crippen LogP contribution < -0.4 is 5.73 Å². The number of hydrogen-bond donors (Lipinski definition) is 2. The minimum atomic E-state index is 0.528. The number of nitrogens with two attached hydrogens (primary N) is 1. The summed E-state index contributed by atoms with van der Waals surface area (Å²) < 4.78 is 0. The van der Waals surface area contributed by atoms with E-state index >= 15 is 0 Å². The van der Waals surface area contributed by atoms with E-state index in [0.717, 1.165) is 12.8 Å². The molecular formula is C8H14N2O. The molecule has 0 aliphatic rings. The summed E-state index contributed by atoms with van der Waals surface area (Å²) in [5, 5.41) is 7.00. The van der Waals surface area contributed by atoms with Crippen molar-refractivity contribution in [3.8, 4) is 0 Å². The van der Waals surface area contributed by atoms with Crippen molar-refractivity contribution >= 4 is 0 Å². The number of hydrogen-bond acceptors (Lipinski definition) is 3. The van der Waals surface area contributed by atoms with Crippen molar-refractivity contribution in [3.63, 3.8) is 0 Å². The van der Waals surface area contributed by atoms with Crippen LogP contribution in [0.5, 0.6) is 0 Å². The second kappa shape index (κ2) is 5.82. The van der Waals surface area contributed by atoms with Crippen molar-refractivity contribution in [2.45, 2.75) is 13.5 Å². The molecule has 0 radical (unpaired) electrons. The predicted molar refractivity (Wildman–Crippen MR) is 45.0 cm³/mol. The first-order valence-electron chi connectivity index (χ1n) is 3.39. The van der Waals surface area contributed by atoms with Crippen LogP contribution in [0.15, 0.2) is 18.3 Å². The summed E-state index contributed by atoms with van der Waals surface area (Å²) in [5.74, 6) is 0. The third-order valence-corrected chi connectivity index (χ3v) is 1.18. The first-order valence-corrected chi connectivity index (χ1v) is 3.39. The Labute approximate surface area is 66.9 Å². The van der Waals surface area contributed by atoms with Crippen LogP contribution >= 0.6 is 0 Å². The van der Waals surface area contributed by atoms with Crippen molar-refractivity contribution in [1.29, 1.82) is 0 Å². The maximum Gasteiger partial charge on any atom is 0.0539 e. The molecule has 0 spiro atoms. The van der Waals surface area contributed by atoms with Crippen LogP contribution in [0, 0.1) is 6.92 Å². The molecule has 1 aromatic heterocycles. The van der Waals surface area contributed by atoms with Gasteiger partial charge in [-0.15, -0.1) is 0 Å². The van der Waals surface area contributed by atoms with Crippen LogP contribution in [-0.2, 0) is 6.54 Å². The summed E-state index contributed by atoms with van der Waals surface area (Å²) in [6.07, 6.45) is 1.82. The fraction of sp³-hybridized carbons (Fsp3) is 0.375. The maximum atomic E-state index is 7.00. The molecular weight excluding hydrogens is 140 g/mol. The van der Waals surface area contributed by atoms with E-state index in [1.165, 1.54) is 5.56 Å². The van der Waals surface area contributed by atoms with Gasteiger partial charge in [0.25, 0.3) is 0 Å². The third kappa shape index (κ3) is 3.70. The molecule has 0 fully saturated rings. The lowest BCUT2D eigenvalue weighted by atomic mass is 10.3. The fourth-order valence-electron chi connectivity index (χ4n) is 0.619. The molecule has 3 N–H and O–H groups in total. The summed E-state index contributed by atoms with van der Waals surface area (Å²) in [6.45, 7) is 2.54. The molecule has 0 aliphatic carbocycles. The quantitative estimate of drug-likeness (QED) is 0.617. The zero-order valence-corrected chi connectivity index (χ0v) is 6.91. The number of aryl methyl sites for hydroxylation is 1. The van der Waals surface area contributed by atoms with Gasteiger partial charge in [-0.05, 0) is 18.6 Å². The highest BCUT2D eigenvalue weighted by atomic mass is 16.2. The van der Waals surface area contributed by atoms with Crippen molar-refractivity contribution in [1.82, 2.24) is 4.98 Å². The van der Waals surface area contributed by atoms with Gasteiger partial charge < -0.3 is 10.8 Å². The first-order chi connectivity index (χ1) is 5.33. The van der Waals surface area contributed by atoms with Gasteiger partial charge in [0.2, 0.25) is 0 Å². The molecule has 0 saturated carbocycles. The van der Waals surface area contributed by atoms with Crippen LogP contribution in [0.4, 0.5) is 0 Å². The highest BCUT2D eigenvalue weighted by Gasteiger charge is 1.86. The molecule has 0 atom stereocenters. The Bertz CT molecular complexity index is 184. The van der Waals surface area contributed by atoms with Gasteiger partial charge in [-0.3, -0.25) is 4.98 Å². The standard InChI is InChI=1S/C7H10N2.CH4O/c1-6-2-3-7(4-8)9-5-6;1-2/h2-3,5H,4,8H2,1H3;2H,1H3. The van der Waals surface area contributed by atoms with E-state index in [2.05, 4.69) is 4.98 Å². The summed E-state index contributed by atoms with van der Waals surface area (Å²) in [7, 11) is 1.00. The average Bonchev–Trinajstić information content (AvgIpc) is 2.10. The average molecular weight is 154 g/mol. The van der Waals surface area contributed by atoms with Gasteiger partial charge in [0, 0.05) is 19.9 Å². The topological polar surface area (TPSA) is 59.1 Å².